The van der Waals surface area contributed by atoms with Crippen molar-refractivity contribution in [3.05, 3.63) is 29.8 Å². The van der Waals surface area contributed by atoms with Gasteiger partial charge in [-0.3, -0.25) is 4.90 Å². The Hall–Kier alpha value is -1.06. The van der Waals surface area contributed by atoms with Crippen molar-refractivity contribution in [2.75, 3.05) is 26.7 Å². The molecule has 2 atom stereocenters. The van der Waals surface area contributed by atoms with Crippen LogP contribution >= 0.6 is 0 Å². The summed E-state index contributed by atoms with van der Waals surface area (Å²) in [5.74, 6) is 1.76. The Morgan fingerprint density at radius 3 is 2.80 bits per heavy atom. The van der Waals surface area contributed by atoms with Crippen LogP contribution in [0.25, 0.3) is 0 Å². The number of likely N-dealkylation sites (tertiary alicyclic amines) is 1. The number of ether oxygens (including phenoxy) is 1. The summed E-state index contributed by atoms with van der Waals surface area (Å²) in [6.07, 6.45) is 4.01. The van der Waals surface area contributed by atoms with Crippen molar-refractivity contribution in [2.24, 2.45) is 5.92 Å². The van der Waals surface area contributed by atoms with Crippen molar-refractivity contribution in [3.63, 3.8) is 0 Å². The second-order valence-electron chi connectivity index (χ2n) is 6.13. The average molecular weight is 274 g/mol. The summed E-state index contributed by atoms with van der Waals surface area (Å²) < 4.78 is 5.84. The second kappa shape index (κ2) is 6.15. The van der Waals surface area contributed by atoms with Crippen molar-refractivity contribution >= 4 is 0 Å². The predicted octanol–water partition coefficient (Wildman–Crippen LogP) is 2.83. The molecule has 1 saturated heterocycles. The van der Waals surface area contributed by atoms with Gasteiger partial charge in [0.1, 0.15) is 5.75 Å². The van der Waals surface area contributed by atoms with E-state index in [9.17, 15) is 0 Å². The molecule has 0 spiro atoms. The van der Waals surface area contributed by atoms with Crippen LogP contribution < -0.4 is 10.1 Å². The fourth-order valence-electron chi connectivity index (χ4n) is 3.35. The summed E-state index contributed by atoms with van der Waals surface area (Å²) in [6.45, 7) is 5.11. The third kappa shape index (κ3) is 2.99. The Morgan fingerprint density at radius 1 is 1.25 bits per heavy atom. The summed E-state index contributed by atoms with van der Waals surface area (Å²) in [7, 11) is 2.24. The number of hydrogen-bond donors (Lipinski definition) is 1. The van der Waals surface area contributed by atoms with Crippen LogP contribution in [-0.2, 0) is 0 Å². The summed E-state index contributed by atoms with van der Waals surface area (Å²) in [6, 6.07) is 9.83. The van der Waals surface area contributed by atoms with E-state index in [1.54, 1.807) is 0 Å². The number of nitrogens with zero attached hydrogens (tertiary/aromatic N) is 1. The first-order valence-electron chi connectivity index (χ1n) is 7.95. The van der Waals surface area contributed by atoms with Crippen molar-refractivity contribution in [3.8, 4) is 5.75 Å². The van der Waals surface area contributed by atoms with Crippen molar-refractivity contribution in [1.29, 1.82) is 0 Å². The lowest BCUT2D eigenvalue weighted by atomic mass is 9.93. The van der Waals surface area contributed by atoms with E-state index in [1.807, 2.05) is 0 Å². The zero-order valence-corrected chi connectivity index (χ0v) is 12.6. The minimum Gasteiger partial charge on any atom is -0.494 e. The average Bonchev–Trinajstić information content (AvgIpc) is 3.21. The Bertz CT molecular complexity index is 444. The molecule has 3 rings (SSSR count). The lowest BCUT2D eigenvalue weighted by Gasteiger charge is -2.27. The van der Waals surface area contributed by atoms with Gasteiger partial charge in [-0.05, 0) is 51.8 Å². The molecule has 0 aromatic heterocycles. The van der Waals surface area contributed by atoms with Gasteiger partial charge in [0.25, 0.3) is 0 Å². The minimum absolute atomic E-state index is 0.490. The molecule has 0 amide bonds. The topological polar surface area (TPSA) is 24.5 Å². The Morgan fingerprint density at radius 2 is 2.05 bits per heavy atom. The molecule has 2 fully saturated rings. The highest BCUT2D eigenvalue weighted by Gasteiger charge is 2.35. The lowest BCUT2D eigenvalue weighted by Crippen LogP contribution is -2.29. The zero-order valence-electron chi connectivity index (χ0n) is 12.6. The van der Waals surface area contributed by atoms with Gasteiger partial charge in [0.05, 0.1) is 6.61 Å². The highest BCUT2D eigenvalue weighted by atomic mass is 16.5. The van der Waals surface area contributed by atoms with E-state index in [-0.39, 0.29) is 0 Å². The third-order valence-corrected chi connectivity index (χ3v) is 4.56. The van der Waals surface area contributed by atoms with Crippen LogP contribution in [-0.4, -0.2) is 37.7 Å². The first-order valence-corrected chi connectivity index (χ1v) is 7.95. The predicted molar refractivity (Wildman–Crippen MR) is 82.1 cm³/mol. The van der Waals surface area contributed by atoms with Crippen LogP contribution in [0, 0.1) is 5.92 Å². The van der Waals surface area contributed by atoms with Gasteiger partial charge in [0.15, 0.2) is 0 Å². The van der Waals surface area contributed by atoms with Gasteiger partial charge >= 0.3 is 0 Å². The van der Waals surface area contributed by atoms with Crippen LogP contribution in [0.5, 0.6) is 5.75 Å². The molecule has 3 heteroatoms. The molecule has 0 radical (unpaired) electrons. The molecule has 2 unspecified atom stereocenters. The van der Waals surface area contributed by atoms with Gasteiger partial charge in [-0.25, -0.2) is 0 Å². The van der Waals surface area contributed by atoms with Gasteiger partial charge in [0, 0.05) is 24.2 Å². The quantitative estimate of drug-likeness (QED) is 0.863. The van der Waals surface area contributed by atoms with Crippen molar-refractivity contribution in [1.82, 2.24) is 10.2 Å². The molecular formula is C17H26N2O. The van der Waals surface area contributed by atoms with Gasteiger partial charge in [0.2, 0.25) is 0 Å². The molecule has 1 aromatic carbocycles. The number of rotatable bonds is 6. The Kier molecular flexibility index (Phi) is 4.27. The SMILES string of the molecule is CCOc1ccccc1C1C(CNC2CC2)CCN1C. The summed E-state index contributed by atoms with van der Waals surface area (Å²) in [5.41, 5.74) is 1.36. The van der Waals surface area contributed by atoms with Crippen LogP contribution in [0.2, 0.25) is 0 Å². The Balaban J connectivity index is 1.77. The second-order valence-corrected chi connectivity index (χ2v) is 6.13. The van der Waals surface area contributed by atoms with E-state index in [2.05, 4.69) is 48.5 Å². The molecule has 1 saturated carbocycles. The van der Waals surface area contributed by atoms with Crippen LogP contribution in [0.15, 0.2) is 24.3 Å². The Labute approximate surface area is 122 Å². The molecule has 1 aromatic rings. The lowest BCUT2D eigenvalue weighted by molar-refractivity contribution is 0.257. The molecule has 1 aliphatic heterocycles. The number of hydrogen-bond acceptors (Lipinski definition) is 3. The smallest absolute Gasteiger partial charge is 0.124 e. The summed E-state index contributed by atoms with van der Waals surface area (Å²) in [5, 5.41) is 3.70. The van der Waals surface area contributed by atoms with E-state index < -0.39 is 0 Å². The molecule has 1 N–H and O–H groups in total. The van der Waals surface area contributed by atoms with Crippen molar-refractivity contribution < 1.29 is 4.74 Å². The molecule has 110 valence electrons. The molecule has 1 heterocycles. The maximum Gasteiger partial charge on any atom is 0.124 e. The van der Waals surface area contributed by atoms with Gasteiger partial charge in [-0.15, -0.1) is 0 Å². The van der Waals surface area contributed by atoms with Crippen molar-refractivity contribution in [2.45, 2.75) is 38.3 Å². The largest absolute Gasteiger partial charge is 0.494 e. The maximum absolute atomic E-state index is 5.84. The van der Waals surface area contributed by atoms with E-state index in [4.69, 9.17) is 4.74 Å². The van der Waals surface area contributed by atoms with Crippen LogP contribution in [0.3, 0.4) is 0 Å². The monoisotopic (exact) mass is 274 g/mol. The van der Waals surface area contributed by atoms with Gasteiger partial charge in [-0.1, -0.05) is 18.2 Å². The normalized spacial score (nSPS) is 26.9. The third-order valence-electron chi connectivity index (χ3n) is 4.56. The highest BCUT2D eigenvalue weighted by Crippen LogP contribution is 2.40. The summed E-state index contributed by atoms with van der Waals surface area (Å²) >= 11 is 0. The highest BCUT2D eigenvalue weighted by molar-refractivity contribution is 5.37. The van der Waals surface area contributed by atoms with E-state index in [1.165, 1.54) is 31.4 Å². The molecule has 3 nitrogen and oxygen atoms in total. The maximum atomic E-state index is 5.84. The van der Waals surface area contributed by atoms with E-state index >= 15 is 0 Å². The number of benzene rings is 1. The van der Waals surface area contributed by atoms with Gasteiger partial charge < -0.3 is 10.1 Å². The van der Waals surface area contributed by atoms with E-state index in [0.29, 0.717) is 12.0 Å². The number of nitrogens with one attached hydrogen (secondary N) is 1. The molecule has 20 heavy (non-hydrogen) atoms. The minimum atomic E-state index is 0.490. The van der Waals surface area contributed by atoms with Crippen LogP contribution in [0.4, 0.5) is 0 Å². The summed E-state index contributed by atoms with van der Waals surface area (Å²) in [4.78, 5) is 2.48. The zero-order chi connectivity index (χ0) is 13.9. The fourth-order valence-corrected chi connectivity index (χ4v) is 3.35. The first-order chi connectivity index (χ1) is 9.79. The fraction of sp³-hybridized carbons (Fsp3) is 0.647. The standard InChI is InChI=1S/C17H26N2O/c1-3-20-16-7-5-4-6-15(16)17-13(10-11-19(17)2)12-18-14-8-9-14/h4-7,13-14,17-18H,3,8-12H2,1-2H3. The van der Waals surface area contributed by atoms with Gasteiger partial charge in [-0.2, -0.15) is 0 Å². The molecule has 2 aliphatic rings. The number of para-hydroxylation sites is 1. The molecule has 1 aliphatic carbocycles. The first kappa shape index (κ1) is 13.9. The molecular weight excluding hydrogens is 248 g/mol. The molecule has 0 bridgehead atoms. The van der Waals surface area contributed by atoms with E-state index in [0.717, 1.165) is 24.9 Å². The van der Waals surface area contributed by atoms with Crippen LogP contribution in [0.1, 0.15) is 37.8 Å².